The van der Waals surface area contributed by atoms with Crippen LogP contribution in [0.4, 0.5) is 10.1 Å². The summed E-state index contributed by atoms with van der Waals surface area (Å²) in [5, 5.41) is 10.7. The van der Waals surface area contributed by atoms with Crippen molar-refractivity contribution in [3.8, 4) is 11.5 Å². The fourth-order valence-corrected chi connectivity index (χ4v) is 1.82. The van der Waals surface area contributed by atoms with Crippen LogP contribution in [0, 0.1) is 15.9 Å². The smallest absolute Gasteiger partial charge is 0.271 e. The van der Waals surface area contributed by atoms with Crippen molar-refractivity contribution in [1.82, 2.24) is 0 Å². The van der Waals surface area contributed by atoms with Crippen molar-refractivity contribution in [1.29, 1.82) is 0 Å². The van der Waals surface area contributed by atoms with Gasteiger partial charge in [-0.15, -0.1) is 0 Å². The van der Waals surface area contributed by atoms with Crippen LogP contribution in [0.3, 0.4) is 0 Å². The molecule has 2 N–H and O–H groups in total. The molecule has 0 aliphatic heterocycles. The van der Waals surface area contributed by atoms with Gasteiger partial charge in [-0.05, 0) is 23.8 Å². The molecule has 0 saturated heterocycles. The second kappa shape index (κ2) is 5.85. The molecule has 0 spiro atoms. The molecule has 0 saturated carbocycles. The number of non-ortho nitro benzene ring substituents is 1. The first-order valence-electron chi connectivity index (χ1n) is 5.61. The quantitative estimate of drug-likeness (QED) is 0.690. The molecule has 0 radical (unpaired) electrons. The highest BCUT2D eigenvalue weighted by Crippen LogP contribution is 2.32. The van der Waals surface area contributed by atoms with E-state index in [-0.39, 0.29) is 28.8 Å². The van der Waals surface area contributed by atoms with E-state index in [1.54, 1.807) is 6.07 Å². The molecule has 0 aromatic heterocycles. The second-order valence-electron chi connectivity index (χ2n) is 3.97. The van der Waals surface area contributed by atoms with Gasteiger partial charge >= 0.3 is 0 Å². The Morgan fingerprint density at radius 2 is 2.05 bits per heavy atom. The van der Waals surface area contributed by atoms with Gasteiger partial charge in [0.2, 0.25) is 0 Å². The summed E-state index contributed by atoms with van der Waals surface area (Å²) in [6, 6.07) is 7.82. The number of nitro benzene ring substituents is 1. The second-order valence-corrected chi connectivity index (χ2v) is 4.38. The van der Waals surface area contributed by atoms with E-state index < -0.39 is 10.7 Å². The summed E-state index contributed by atoms with van der Waals surface area (Å²) < 4.78 is 18.7. The largest absolute Gasteiger partial charge is 0.456 e. The van der Waals surface area contributed by atoms with Gasteiger partial charge < -0.3 is 10.5 Å². The van der Waals surface area contributed by atoms with Gasteiger partial charge in [0.05, 0.1) is 9.95 Å². The topological polar surface area (TPSA) is 78.4 Å². The lowest BCUT2D eigenvalue weighted by molar-refractivity contribution is -0.384. The maximum Gasteiger partial charge on any atom is 0.271 e. The summed E-state index contributed by atoms with van der Waals surface area (Å²) in [4.78, 5) is 10.0. The molecule has 2 rings (SSSR count). The molecular weight excluding hydrogens is 287 g/mol. The standard InChI is InChI=1S/C13H10ClFN2O3/c14-12-6-10(17(18)19)1-2-13(12)20-11-4-8(7-16)3-9(15)5-11/h1-6H,7,16H2. The molecule has 0 aliphatic rings. The van der Waals surface area contributed by atoms with Gasteiger partial charge in [-0.3, -0.25) is 10.1 Å². The number of nitrogens with zero attached hydrogens (tertiary/aromatic N) is 1. The fourth-order valence-electron chi connectivity index (χ4n) is 1.61. The Morgan fingerprint density at radius 1 is 1.30 bits per heavy atom. The number of nitrogens with two attached hydrogens (primary N) is 1. The minimum absolute atomic E-state index is 0.0674. The maximum absolute atomic E-state index is 13.3. The van der Waals surface area contributed by atoms with Crippen molar-refractivity contribution in [3.63, 3.8) is 0 Å². The molecule has 0 unspecified atom stereocenters. The van der Waals surface area contributed by atoms with Crippen LogP contribution in [-0.4, -0.2) is 4.92 Å². The number of nitro groups is 1. The lowest BCUT2D eigenvalue weighted by Gasteiger charge is -2.09. The number of hydrogen-bond donors (Lipinski definition) is 1. The first-order chi connectivity index (χ1) is 9.49. The normalized spacial score (nSPS) is 10.3. The van der Waals surface area contributed by atoms with Gasteiger partial charge in [-0.25, -0.2) is 4.39 Å². The van der Waals surface area contributed by atoms with Crippen LogP contribution >= 0.6 is 11.6 Å². The molecule has 0 amide bonds. The van der Waals surface area contributed by atoms with E-state index in [4.69, 9.17) is 22.1 Å². The van der Waals surface area contributed by atoms with E-state index in [2.05, 4.69) is 0 Å². The first kappa shape index (κ1) is 14.2. The lowest BCUT2D eigenvalue weighted by atomic mass is 10.2. The highest BCUT2D eigenvalue weighted by Gasteiger charge is 2.11. The lowest BCUT2D eigenvalue weighted by Crippen LogP contribution is -1.98. The van der Waals surface area contributed by atoms with E-state index in [9.17, 15) is 14.5 Å². The van der Waals surface area contributed by atoms with Gasteiger partial charge in [0.1, 0.15) is 17.3 Å². The molecule has 2 aromatic carbocycles. The van der Waals surface area contributed by atoms with Crippen LogP contribution in [0.1, 0.15) is 5.56 Å². The number of hydrogen-bond acceptors (Lipinski definition) is 4. The Kier molecular flexibility index (Phi) is 4.16. The van der Waals surface area contributed by atoms with Crippen LogP contribution in [0.15, 0.2) is 36.4 Å². The molecule has 0 fully saturated rings. The molecule has 0 atom stereocenters. The van der Waals surface area contributed by atoms with E-state index in [0.717, 1.165) is 0 Å². The predicted molar refractivity (Wildman–Crippen MR) is 72.5 cm³/mol. The van der Waals surface area contributed by atoms with Gasteiger partial charge in [0.15, 0.2) is 0 Å². The molecular formula is C13H10ClFN2O3. The van der Waals surface area contributed by atoms with Crippen LogP contribution in [-0.2, 0) is 6.54 Å². The van der Waals surface area contributed by atoms with Gasteiger partial charge in [0.25, 0.3) is 5.69 Å². The van der Waals surface area contributed by atoms with Crippen molar-refractivity contribution in [2.24, 2.45) is 5.73 Å². The third-order valence-electron chi connectivity index (χ3n) is 2.52. The third kappa shape index (κ3) is 3.23. The first-order valence-corrected chi connectivity index (χ1v) is 5.98. The van der Waals surface area contributed by atoms with Gasteiger partial charge in [-0.1, -0.05) is 11.6 Å². The molecule has 5 nitrogen and oxygen atoms in total. The molecule has 0 heterocycles. The minimum atomic E-state index is -0.565. The zero-order chi connectivity index (χ0) is 14.7. The van der Waals surface area contributed by atoms with Crippen LogP contribution in [0.2, 0.25) is 5.02 Å². The van der Waals surface area contributed by atoms with E-state index in [0.29, 0.717) is 5.56 Å². The van der Waals surface area contributed by atoms with Crippen LogP contribution in [0.5, 0.6) is 11.5 Å². The van der Waals surface area contributed by atoms with Gasteiger partial charge in [0, 0.05) is 24.7 Å². The summed E-state index contributed by atoms with van der Waals surface area (Å²) in [5.41, 5.74) is 5.86. The third-order valence-corrected chi connectivity index (χ3v) is 2.82. The summed E-state index contributed by atoms with van der Waals surface area (Å²) >= 11 is 5.89. The highest BCUT2D eigenvalue weighted by molar-refractivity contribution is 6.32. The Hall–Kier alpha value is -2.18. The highest BCUT2D eigenvalue weighted by atomic mass is 35.5. The monoisotopic (exact) mass is 296 g/mol. The van der Waals surface area contributed by atoms with E-state index in [1.807, 2.05) is 0 Å². The number of rotatable bonds is 4. The summed E-state index contributed by atoms with van der Waals surface area (Å²) in [6.07, 6.45) is 0. The zero-order valence-corrected chi connectivity index (χ0v) is 10.9. The van der Waals surface area contributed by atoms with E-state index in [1.165, 1.54) is 30.3 Å². The average Bonchev–Trinajstić information content (AvgIpc) is 2.40. The minimum Gasteiger partial charge on any atom is -0.456 e. The van der Waals surface area contributed by atoms with Crippen molar-refractivity contribution in [3.05, 3.63) is 62.9 Å². The Bertz CT molecular complexity index is 664. The van der Waals surface area contributed by atoms with Crippen molar-refractivity contribution in [2.75, 3.05) is 0 Å². The van der Waals surface area contributed by atoms with E-state index >= 15 is 0 Å². The van der Waals surface area contributed by atoms with Crippen LogP contribution in [0.25, 0.3) is 0 Å². The van der Waals surface area contributed by atoms with Crippen molar-refractivity contribution in [2.45, 2.75) is 6.54 Å². The Balaban J connectivity index is 2.30. The number of ether oxygens (including phenoxy) is 1. The predicted octanol–water partition coefficient (Wildman–Crippen LogP) is 3.64. The zero-order valence-electron chi connectivity index (χ0n) is 10.2. The SMILES string of the molecule is NCc1cc(F)cc(Oc2ccc([N+](=O)[O-])cc2Cl)c1. The molecule has 0 aliphatic carbocycles. The summed E-state index contributed by atoms with van der Waals surface area (Å²) in [6.45, 7) is 0.169. The molecule has 104 valence electrons. The van der Waals surface area contributed by atoms with Crippen LogP contribution < -0.4 is 10.5 Å². The molecule has 20 heavy (non-hydrogen) atoms. The maximum atomic E-state index is 13.3. The average molecular weight is 297 g/mol. The Labute approximate surface area is 118 Å². The number of benzene rings is 2. The Morgan fingerprint density at radius 3 is 2.65 bits per heavy atom. The van der Waals surface area contributed by atoms with Gasteiger partial charge in [-0.2, -0.15) is 0 Å². The molecule has 2 aromatic rings. The van der Waals surface area contributed by atoms with Crippen molar-refractivity contribution < 1.29 is 14.1 Å². The summed E-state index contributed by atoms with van der Waals surface area (Å²) in [5.74, 6) is -0.0620. The number of halogens is 2. The summed E-state index contributed by atoms with van der Waals surface area (Å²) in [7, 11) is 0. The molecule has 0 bridgehead atoms. The van der Waals surface area contributed by atoms with Crippen molar-refractivity contribution >= 4 is 17.3 Å². The molecule has 7 heteroatoms. The fraction of sp³-hybridized carbons (Fsp3) is 0.0769.